The molecule has 17 atom stereocenters. The Morgan fingerprint density at radius 2 is 0.538 bits per heavy atom. The van der Waals surface area contributed by atoms with Crippen molar-refractivity contribution in [1.82, 2.24) is 5.32 Å². The van der Waals surface area contributed by atoms with Gasteiger partial charge < -0.3 is 89.9 Å². The molecule has 3 saturated heterocycles. The second-order valence-electron chi connectivity index (χ2n) is 32.8. The lowest BCUT2D eigenvalue weighted by Crippen LogP contribution is -2.66. The molecule has 0 radical (unpaired) electrons. The normalized spacial score (nSPS) is 25.5. The van der Waals surface area contributed by atoms with Gasteiger partial charge in [-0.15, -0.1) is 0 Å². The van der Waals surface area contributed by atoms with Crippen molar-refractivity contribution < 1.29 is 89.4 Å². The van der Waals surface area contributed by atoms with Crippen LogP contribution < -0.4 is 5.32 Å². The molecule has 3 fully saturated rings. The Morgan fingerprint density at radius 1 is 0.302 bits per heavy atom. The summed E-state index contributed by atoms with van der Waals surface area (Å²) in [6, 6.07) is -0.884. The molecular formula is C87H169NO18. The van der Waals surface area contributed by atoms with Crippen LogP contribution in [-0.2, 0) is 33.2 Å². The Bertz CT molecular complexity index is 1910. The van der Waals surface area contributed by atoms with E-state index in [4.69, 9.17) is 28.4 Å². The second-order valence-corrected chi connectivity index (χ2v) is 32.8. The summed E-state index contributed by atoms with van der Waals surface area (Å²) in [5.74, 6) is -0.231. The van der Waals surface area contributed by atoms with Crippen molar-refractivity contribution in [3.05, 3.63) is 0 Å². The molecule has 19 heteroatoms. The Morgan fingerprint density at radius 3 is 0.821 bits per heavy atom. The fraction of sp³-hybridized carbons (Fsp3) is 0.989. The van der Waals surface area contributed by atoms with Crippen LogP contribution in [0, 0.1) is 0 Å². The third-order valence-electron chi connectivity index (χ3n) is 23.2. The molecule has 19 nitrogen and oxygen atoms in total. The molecule has 17 unspecified atom stereocenters. The van der Waals surface area contributed by atoms with E-state index < -0.39 is 124 Å². The maximum absolute atomic E-state index is 13.5. The minimum atomic E-state index is -1.97. The quantitative estimate of drug-likeness (QED) is 0.0252. The Hall–Kier alpha value is -1.21. The molecule has 1 amide bonds. The molecule has 12 N–H and O–H groups in total. The molecule has 0 aromatic rings. The molecule has 3 aliphatic rings. The van der Waals surface area contributed by atoms with Crippen LogP contribution in [0.15, 0.2) is 0 Å². The first-order valence-electron chi connectivity index (χ1n) is 45.3. The summed E-state index contributed by atoms with van der Waals surface area (Å²) in [6.45, 7) is 1.89. The number of ether oxygens (including phenoxy) is 6. The maximum atomic E-state index is 13.5. The molecule has 3 heterocycles. The second kappa shape index (κ2) is 68.2. The number of nitrogens with one attached hydrogen (secondary N) is 1. The van der Waals surface area contributed by atoms with Crippen LogP contribution in [-0.4, -0.2) is 193 Å². The van der Waals surface area contributed by atoms with E-state index >= 15 is 0 Å². The van der Waals surface area contributed by atoms with Gasteiger partial charge in [-0.05, 0) is 12.8 Å². The number of unbranched alkanes of at least 4 members (excludes halogenated alkanes) is 59. The van der Waals surface area contributed by atoms with E-state index in [9.17, 15) is 61.0 Å². The molecule has 0 saturated carbocycles. The number of hydrogen-bond donors (Lipinski definition) is 12. The topological polar surface area (TPSA) is 307 Å². The molecule has 0 bridgehead atoms. The number of amides is 1. The minimum Gasteiger partial charge on any atom is -0.394 e. The van der Waals surface area contributed by atoms with E-state index in [1.165, 1.54) is 340 Å². The average molecular weight is 1520 g/mol. The number of aliphatic hydroxyl groups is 11. The van der Waals surface area contributed by atoms with Gasteiger partial charge in [0.2, 0.25) is 5.91 Å². The number of hydrogen-bond acceptors (Lipinski definition) is 18. The summed E-state index contributed by atoms with van der Waals surface area (Å²) in [7, 11) is 0. The lowest BCUT2D eigenvalue weighted by Gasteiger charge is -2.48. The smallest absolute Gasteiger partial charge is 0.220 e. The molecule has 0 spiro atoms. The summed E-state index contributed by atoms with van der Waals surface area (Å²) in [4.78, 5) is 13.5. The Labute approximate surface area is 646 Å². The van der Waals surface area contributed by atoms with Crippen LogP contribution in [0.4, 0.5) is 0 Å². The Kier molecular flexibility index (Phi) is 63.7. The molecule has 630 valence electrons. The first-order chi connectivity index (χ1) is 51.8. The molecule has 3 aliphatic heterocycles. The zero-order valence-corrected chi connectivity index (χ0v) is 68.0. The van der Waals surface area contributed by atoms with Crippen LogP contribution in [0.3, 0.4) is 0 Å². The fourth-order valence-electron chi connectivity index (χ4n) is 16.0. The third-order valence-corrected chi connectivity index (χ3v) is 23.2. The Balaban J connectivity index is 1.32. The summed E-state index contributed by atoms with van der Waals surface area (Å²) in [6.07, 6.45) is 55.0. The van der Waals surface area contributed by atoms with Crippen molar-refractivity contribution in [2.75, 3.05) is 26.4 Å². The van der Waals surface area contributed by atoms with Crippen molar-refractivity contribution in [1.29, 1.82) is 0 Å². The molecule has 3 rings (SSSR count). The monoisotopic (exact) mass is 1520 g/mol. The minimum absolute atomic E-state index is 0.231. The van der Waals surface area contributed by atoms with Crippen LogP contribution in [0.5, 0.6) is 0 Å². The maximum Gasteiger partial charge on any atom is 0.220 e. The van der Waals surface area contributed by atoms with Crippen molar-refractivity contribution in [2.24, 2.45) is 0 Å². The summed E-state index contributed by atoms with van der Waals surface area (Å²) < 4.78 is 34.6. The van der Waals surface area contributed by atoms with Crippen LogP contribution in [0.1, 0.15) is 418 Å². The number of carbonyl (C=O) groups excluding carboxylic acids is 1. The van der Waals surface area contributed by atoms with Gasteiger partial charge in [-0.25, -0.2) is 0 Å². The predicted molar refractivity (Wildman–Crippen MR) is 425 cm³/mol. The zero-order valence-electron chi connectivity index (χ0n) is 68.0. The third kappa shape index (κ3) is 46.8. The highest BCUT2D eigenvalue weighted by Crippen LogP contribution is 2.34. The van der Waals surface area contributed by atoms with E-state index in [2.05, 4.69) is 19.2 Å². The van der Waals surface area contributed by atoms with Gasteiger partial charge in [0.05, 0.1) is 38.6 Å². The van der Waals surface area contributed by atoms with E-state index in [1.807, 2.05) is 0 Å². The number of carbonyl (C=O) groups is 1. The zero-order chi connectivity index (χ0) is 76.7. The number of rotatable bonds is 75. The standard InChI is InChI=1S/C87H169NO18/c1-3-5-7-9-11-13-15-17-19-21-23-25-27-29-31-33-34-35-36-37-38-40-42-44-46-48-50-52-54-56-58-60-62-64-71(92)70(88-75(93)65-63-61-59-57-55-53-51-49-47-45-43-41-39-32-30-28-26-24-22-20-18-16-14-12-10-8-6-4-2)69-101-85-81(99)78(96)83(73(67-90)103-85)106-87-82(100)79(97)84(74(68-91)104-87)105-86-80(98)77(95)76(94)72(66-89)102-86/h70-74,76-87,89-92,94-100H,3-69H2,1-2H3,(H,88,93). The van der Waals surface area contributed by atoms with Crippen molar-refractivity contribution in [2.45, 2.75) is 523 Å². The van der Waals surface area contributed by atoms with Crippen molar-refractivity contribution >= 4 is 5.91 Å². The van der Waals surface area contributed by atoms with Gasteiger partial charge in [-0.2, -0.15) is 0 Å². The first kappa shape index (κ1) is 99.0. The van der Waals surface area contributed by atoms with E-state index in [0.717, 1.165) is 44.9 Å². The van der Waals surface area contributed by atoms with Gasteiger partial charge in [0.25, 0.3) is 0 Å². The lowest BCUT2D eigenvalue weighted by molar-refractivity contribution is -0.379. The molecular weight excluding hydrogens is 1350 g/mol. The number of aliphatic hydroxyl groups excluding tert-OH is 11. The summed E-state index contributed by atoms with van der Waals surface area (Å²) >= 11 is 0. The van der Waals surface area contributed by atoms with Gasteiger partial charge in [-0.3, -0.25) is 4.79 Å². The van der Waals surface area contributed by atoms with Gasteiger partial charge >= 0.3 is 0 Å². The summed E-state index contributed by atoms with van der Waals surface area (Å²) in [5.41, 5.74) is 0. The van der Waals surface area contributed by atoms with Gasteiger partial charge in [0.15, 0.2) is 18.9 Å². The fourth-order valence-corrected chi connectivity index (χ4v) is 16.0. The molecule has 0 aliphatic carbocycles. The van der Waals surface area contributed by atoms with E-state index in [1.54, 1.807) is 0 Å². The van der Waals surface area contributed by atoms with Crippen LogP contribution in [0.2, 0.25) is 0 Å². The van der Waals surface area contributed by atoms with Crippen LogP contribution in [0.25, 0.3) is 0 Å². The highest BCUT2D eigenvalue weighted by atomic mass is 16.8. The molecule has 0 aromatic heterocycles. The van der Waals surface area contributed by atoms with Crippen molar-refractivity contribution in [3.63, 3.8) is 0 Å². The van der Waals surface area contributed by atoms with Gasteiger partial charge in [0.1, 0.15) is 73.2 Å². The van der Waals surface area contributed by atoms with Gasteiger partial charge in [0, 0.05) is 6.42 Å². The molecule has 0 aromatic carbocycles. The average Bonchev–Trinajstić information content (AvgIpc) is 0.781. The van der Waals surface area contributed by atoms with Crippen LogP contribution >= 0.6 is 0 Å². The van der Waals surface area contributed by atoms with E-state index in [0.29, 0.717) is 12.8 Å². The SMILES string of the molecule is CCCCCCCCCCCCCCCCCCCCCCCCCCCCCCCCCCCC(O)C(COC1OC(CO)C(OC2OC(CO)C(OC3OC(CO)C(O)C(O)C3O)C(O)C2O)C(O)C1O)NC(=O)CCCCCCCCCCCCCCCCCCCCCCCCCCCCCC. The largest absolute Gasteiger partial charge is 0.394 e. The van der Waals surface area contributed by atoms with Crippen molar-refractivity contribution in [3.8, 4) is 0 Å². The highest BCUT2D eigenvalue weighted by molar-refractivity contribution is 5.76. The van der Waals surface area contributed by atoms with Gasteiger partial charge in [-0.1, -0.05) is 399 Å². The highest BCUT2D eigenvalue weighted by Gasteiger charge is 2.54. The summed E-state index contributed by atoms with van der Waals surface area (Å²) in [5, 5.41) is 121. The molecule has 106 heavy (non-hydrogen) atoms. The lowest BCUT2D eigenvalue weighted by atomic mass is 9.96. The first-order valence-corrected chi connectivity index (χ1v) is 45.3. The van der Waals surface area contributed by atoms with E-state index in [-0.39, 0.29) is 18.9 Å². The predicted octanol–water partition coefficient (Wildman–Crippen LogP) is 16.9.